The Labute approximate surface area is 98.7 Å². The highest BCUT2D eigenvalue weighted by molar-refractivity contribution is 6.31. The molecule has 0 radical (unpaired) electrons. The first-order valence-corrected chi connectivity index (χ1v) is 5.70. The molecule has 3 unspecified atom stereocenters. The SMILES string of the molecule is COC1NCC2c3ccc(Cl)cc3C(=O)C12. The monoisotopic (exact) mass is 237 g/mol. The Balaban J connectivity index is 2.08. The number of hydrogen-bond acceptors (Lipinski definition) is 3. The van der Waals surface area contributed by atoms with Gasteiger partial charge in [-0.3, -0.25) is 10.1 Å². The number of carbonyl (C=O) groups excluding carboxylic acids is 1. The van der Waals surface area contributed by atoms with Gasteiger partial charge in [0, 0.05) is 30.2 Å². The summed E-state index contributed by atoms with van der Waals surface area (Å²) in [6, 6.07) is 5.57. The summed E-state index contributed by atoms with van der Waals surface area (Å²) in [5.74, 6) is 0.308. The number of fused-ring (bicyclic) bond motifs is 3. The summed E-state index contributed by atoms with van der Waals surface area (Å²) < 4.78 is 5.29. The van der Waals surface area contributed by atoms with Gasteiger partial charge in [-0.25, -0.2) is 0 Å². The molecule has 1 fully saturated rings. The van der Waals surface area contributed by atoms with E-state index in [-0.39, 0.29) is 23.8 Å². The molecule has 3 atom stereocenters. The fourth-order valence-corrected chi connectivity index (χ4v) is 2.98. The Morgan fingerprint density at radius 3 is 3.06 bits per heavy atom. The second-order valence-electron chi connectivity index (χ2n) is 4.29. The van der Waals surface area contributed by atoms with Crippen LogP contribution in [-0.4, -0.2) is 25.7 Å². The van der Waals surface area contributed by atoms with E-state index in [2.05, 4.69) is 5.32 Å². The molecule has 0 spiro atoms. The fourth-order valence-electron chi connectivity index (χ4n) is 2.81. The number of rotatable bonds is 1. The van der Waals surface area contributed by atoms with Crippen LogP contribution >= 0.6 is 11.6 Å². The summed E-state index contributed by atoms with van der Waals surface area (Å²) in [6.07, 6.45) is -0.163. The average Bonchev–Trinajstić information content (AvgIpc) is 2.80. The Kier molecular flexibility index (Phi) is 2.28. The van der Waals surface area contributed by atoms with E-state index in [1.54, 1.807) is 13.2 Å². The third-order valence-corrected chi connectivity index (χ3v) is 3.77. The van der Waals surface area contributed by atoms with Crippen molar-refractivity contribution in [2.45, 2.75) is 12.1 Å². The van der Waals surface area contributed by atoms with Gasteiger partial charge in [0.1, 0.15) is 6.23 Å². The van der Waals surface area contributed by atoms with E-state index >= 15 is 0 Å². The number of hydrogen-bond donors (Lipinski definition) is 1. The van der Waals surface area contributed by atoms with Crippen LogP contribution in [0.5, 0.6) is 0 Å². The first-order chi connectivity index (χ1) is 7.72. The zero-order chi connectivity index (χ0) is 11.3. The van der Waals surface area contributed by atoms with Crippen LogP contribution in [0.1, 0.15) is 21.8 Å². The number of Topliss-reactive ketones (excluding diaryl/α,β-unsaturated/α-hetero) is 1. The largest absolute Gasteiger partial charge is 0.366 e. The Morgan fingerprint density at radius 2 is 2.31 bits per heavy atom. The minimum absolute atomic E-state index is 0.0848. The van der Waals surface area contributed by atoms with Crippen molar-refractivity contribution >= 4 is 17.4 Å². The summed E-state index contributed by atoms with van der Waals surface area (Å²) in [5.41, 5.74) is 1.87. The molecule has 16 heavy (non-hydrogen) atoms. The molecule has 1 saturated heterocycles. The van der Waals surface area contributed by atoms with Crippen LogP contribution in [-0.2, 0) is 4.74 Å². The van der Waals surface area contributed by atoms with Crippen LogP contribution in [0.25, 0.3) is 0 Å². The summed E-state index contributed by atoms with van der Waals surface area (Å²) in [7, 11) is 1.63. The number of ether oxygens (including phenoxy) is 1. The van der Waals surface area contributed by atoms with Crippen molar-refractivity contribution in [2.24, 2.45) is 5.92 Å². The summed E-state index contributed by atoms with van der Waals surface area (Å²) in [5, 5.41) is 3.84. The molecule has 1 heterocycles. The molecule has 0 saturated carbocycles. The lowest BCUT2D eigenvalue weighted by Crippen LogP contribution is -2.32. The number of ketones is 1. The van der Waals surface area contributed by atoms with Crippen LogP contribution < -0.4 is 5.32 Å². The average molecular weight is 238 g/mol. The maximum atomic E-state index is 12.2. The van der Waals surface area contributed by atoms with E-state index in [1.165, 1.54) is 0 Å². The van der Waals surface area contributed by atoms with Crippen LogP contribution in [0, 0.1) is 5.92 Å². The number of benzene rings is 1. The van der Waals surface area contributed by atoms with E-state index in [4.69, 9.17) is 16.3 Å². The second-order valence-corrected chi connectivity index (χ2v) is 4.73. The van der Waals surface area contributed by atoms with Gasteiger partial charge >= 0.3 is 0 Å². The molecular weight excluding hydrogens is 226 g/mol. The molecule has 1 aliphatic carbocycles. The molecule has 0 aromatic heterocycles. The fraction of sp³-hybridized carbons (Fsp3) is 0.417. The van der Waals surface area contributed by atoms with Gasteiger partial charge < -0.3 is 4.74 Å². The van der Waals surface area contributed by atoms with Crippen molar-refractivity contribution in [1.82, 2.24) is 5.32 Å². The van der Waals surface area contributed by atoms with Gasteiger partial charge in [0.15, 0.2) is 5.78 Å². The molecule has 2 aliphatic rings. The van der Waals surface area contributed by atoms with Gasteiger partial charge in [-0.1, -0.05) is 17.7 Å². The molecule has 0 bridgehead atoms. The number of carbonyl (C=O) groups is 1. The van der Waals surface area contributed by atoms with Crippen molar-refractivity contribution in [2.75, 3.05) is 13.7 Å². The summed E-state index contributed by atoms with van der Waals surface area (Å²) in [6.45, 7) is 0.795. The maximum absolute atomic E-state index is 12.2. The van der Waals surface area contributed by atoms with Crippen molar-refractivity contribution in [3.8, 4) is 0 Å². The van der Waals surface area contributed by atoms with Crippen LogP contribution in [0.2, 0.25) is 5.02 Å². The van der Waals surface area contributed by atoms with E-state index in [9.17, 15) is 4.79 Å². The predicted molar refractivity (Wildman–Crippen MR) is 60.8 cm³/mol. The third kappa shape index (κ3) is 1.25. The number of halogens is 1. The molecule has 1 aromatic rings. The highest BCUT2D eigenvalue weighted by Gasteiger charge is 2.48. The predicted octanol–water partition coefficient (Wildman–Crippen LogP) is 1.81. The first kappa shape index (κ1) is 10.3. The zero-order valence-corrected chi connectivity index (χ0v) is 9.62. The lowest BCUT2D eigenvalue weighted by Gasteiger charge is -2.14. The number of nitrogens with one attached hydrogen (secondary N) is 1. The molecule has 3 nitrogen and oxygen atoms in total. The smallest absolute Gasteiger partial charge is 0.170 e. The standard InChI is InChI=1S/C12H12ClNO2/c1-16-12-10-9(5-14-12)7-3-2-6(13)4-8(7)11(10)15/h2-4,9-10,12,14H,5H2,1H3. The van der Waals surface area contributed by atoms with Crippen LogP contribution in [0.4, 0.5) is 0 Å². The maximum Gasteiger partial charge on any atom is 0.170 e. The van der Waals surface area contributed by atoms with Gasteiger partial charge in [0.2, 0.25) is 0 Å². The number of methoxy groups -OCH3 is 1. The second kappa shape index (κ2) is 3.55. The summed E-state index contributed by atoms with van der Waals surface area (Å²) >= 11 is 5.92. The van der Waals surface area contributed by atoms with Gasteiger partial charge in [0.25, 0.3) is 0 Å². The first-order valence-electron chi connectivity index (χ1n) is 5.32. The van der Waals surface area contributed by atoms with Crippen molar-refractivity contribution in [3.63, 3.8) is 0 Å². The molecule has 1 aromatic carbocycles. The minimum atomic E-state index is -0.163. The topological polar surface area (TPSA) is 38.3 Å². The van der Waals surface area contributed by atoms with Crippen LogP contribution in [0.3, 0.4) is 0 Å². The van der Waals surface area contributed by atoms with Gasteiger partial charge in [-0.2, -0.15) is 0 Å². The molecule has 4 heteroatoms. The lowest BCUT2D eigenvalue weighted by molar-refractivity contribution is 0.0466. The highest BCUT2D eigenvalue weighted by Crippen LogP contribution is 2.43. The molecule has 1 N–H and O–H groups in total. The molecule has 1 aliphatic heterocycles. The Bertz CT molecular complexity index is 460. The van der Waals surface area contributed by atoms with Gasteiger partial charge in [-0.05, 0) is 17.7 Å². The zero-order valence-electron chi connectivity index (χ0n) is 8.87. The van der Waals surface area contributed by atoms with E-state index < -0.39 is 0 Å². The van der Waals surface area contributed by atoms with Crippen LogP contribution in [0.15, 0.2) is 18.2 Å². The Morgan fingerprint density at radius 1 is 1.50 bits per heavy atom. The normalized spacial score (nSPS) is 31.6. The lowest BCUT2D eigenvalue weighted by atomic mass is 9.95. The molecule has 84 valence electrons. The molecule has 0 amide bonds. The van der Waals surface area contributed by atoms with Gasteiger partial charge in [-0.15, -0.1) is 0 Å². The summed E-state index contributed by atoms with van der Waals surface area (Å²) in [4.78, 5) is 12.2. The van der Waals surface area contributed by atoms with E-state index in [1.807, 2.05) is 12.1 Å². The molecular formula is C12H12ClNO2. The van der Waals surface area contributed by atoms with Crippen molar-refractivity contribution in [3.05, 3.63) is 34.3 Å². The van der Waals surface area contributed by atoms with E-state index in [0.29, 0.717) is 5.02 Å². The minimum Gasteiger partial charge on any atom is -0.366 e. The van der Waals surface area contributed by atoms with Crippen molar-refractivity contribution < 1.29 is 9.53 Å². The third-order valence-electron chi connectivity index (χ3n) is 3.54. The highest BCUT2D eigenvalue weighted by atomic mass is 35.5. The molecule has 3 rings (SSSR count). The Hall–Kier alpha value is -0.900. The quantitative estimate of drug-likeness (QED) is 0.810. The van der Waals surface area contributed by atoms with Gasteiger partial charge in [0.05, 0.1) is 5.92 Å². The van der Waals surface area contributed by atoms with E-state index in [0.717, 1.165) is 17.7 Å². The van der Waals surface area contributed by atoms with Crippen molar-refractivity contribution in [1.29, 1.82) is 0 Å².